The lowest BCUT2D eigenvalue weighted by atomic mass is 10.0. The second kappa shape index (κ2) is 38.9. The van der Waals surface area contributed by atoms with Gasteiger partial charge in [-0.1, -0.05) is 232 Å². The van der Waals surface area contributed by atoms with Crippen molar-refractivity contribution in [2.45, 2.75) is 245 Å². The minimum absolute atomic E-state index is 0.142. The van der Waals surface area contributed by atoms with Gasteiger partial charge in [0.15, 0.2) is 0 Å². The van der Waals surface area contributed by atoms with Crippen molar-refractivity contribution in [2.24, 2.45) is 0 Å². The van der Waals surface area contributed by atoms with E-state index in [9.17, 15) is 0 Å². The minimum atomic E-state index is 0.142. The summed E-state index contributed by atoms with van der Waals surface area (Å²) in [5.74, 6) is 2.63. The lowest BCUT2D eigenvalue weighted by molar-refractivity contribution is 0.304. The summed E-state index contributed by atoms with van der Waals surface area (Å²) in [5, 5.41) is 6.49. The average Bonchev–Trinajstić information content (AvgIpc) is 3.29. The Morgan fingerprint density at radius 3 is 0.825 bits per heavy atom. The van der Waals surface area contributed by atoms with Crippen LogP contribution < -0.4 is 25.8 Å². The van der Waals surface area contributed by atoms with Gasteiger partial charge in [-0.25, -0.2) is 0 Å². The van der Waals surface area contributed by atoms with Gasteiger partial charge in [0.25, 0.3) is 0 Å². The number of nitrogen functional groups attached to an aromatic ring is 1. The normalized spacial score (nSPS) is 11.3. The van der Waals surface area contributed by atoms with Crippen LogP contribution in [-0.4, -0.2) is 28.2 Å². The van der Waals surface area contributed by atoms with Crippen molar-refractivity contribution in [3.63, 3.8) is 0 Å². The molecule has 0 saturated heterocycles. The molecule has 3 rings (SSSR count). The number of anilines is 5. The van der Waals surface area contributed by atoms with Gasteiger partial charge in [0.1, 0.15) is 11.5 Å². The van der Waals surface area contributed by atoms with E-state index in [4.69, 9.17) is 15.2 Å². The number of hydrogen-bond acceptors (Lipinski definition) is 8. The number of benzene rings is 2. The molecule has 4 N–H and O–H groups in total. The van der Waals surface area contributed by atoms with Gasteiger partial charge in [0, 0.05) is 11.4 Å². The van der Waals surface area contributed by atoms with E-state index in [1.165, 1.54) is 218 Å². The van der Waals surface area contributed by atoms with Crippen molar-refractivity contribution in [3.05, 3.63) is 48.5 Å². The molecule has 2 aromatic carbocycles. The Morgan fingerprint density at radius 1 is 0.333 bits per heavy atom. The van der Waals surface area contributed by atoms with E-state index in [0.717, 1.165) is 48.9 Å². The molecule has 0 atom stereocenters. The van der Waals surface area contributed by atoms with Crippen molar-refractivity contribution in [1.82, 2.24) is 15.0 Å². The Hall–Kier alpha value is -3.55. The fraction of sp³-hybridized carbons (Fsp3) is 0.727. The van der Waals surface area contributed by atoms with Gasteiger partial charge in [-0.2, -0.15) is 15.0 Å². The third-order valence-electron chi connectivity index (χ3n) is 12.4. The quantitative estimate of drug-likeness (QED) is 0.0482. The van der Waals surface area contributed by atoms with E-state index in [1.54, 1.807) is 0 Å². The Bertz CT molecular complexity index is 1350. The molecule has 0 aliphatic rings. The summed E-state index contributed by atoms with van der Waals surface area (Å²) in [6, 6.07) is 15.8. The SMILES string of the molecule is CCCCCCCCCCCCCCCCCCCCOc1ccc(Nc2nc(N)nc(Nc3ccc(OCCCCCCCCCCCCCCCCCCCC)cc3)n2)cc1. The van der Waals surface area contributed by atoms with Crippen LogP contribution in [0.4, 0.5) is 29.2 Å². The van der Waals surface area contributed by atoms with Crippen LogP contribution in [0.2, 0.25) is 0 Å². The first-order valence-corrected chi connectivity index (χ1v) is 26.7. The number of nitrogens with one attached hydrogen (secondary N) is 2. The predicted octanol–water partition coefficient (Wildman–Crippen LogP) is 17.8. The lowest BCUT2D eigenvalue weighted by Gasteiger charge is -2.11. The largest absolute Gasteiger partial charge is 0.494 e. The summed E-state index contributed by atoms with van der Waals surface area (Å²) in [6.07, 6.45) is 49.8. The molecule has 0 amide bonds. The zero-order valence-electron chi connectivity index (χ0n) is 40.7. The van der Waals surface area contributed by atoms with Crippen molar-refractivity contribution in [3.8, 4) is 11.5 Å². The highest BCUT2D eigenvalue weighted by Gasteiger charge is 2.07. The number of rotatable bonds is 44. The molecule has 0 saturated carbocycles. The monoisotopic (exact) mass is 871 g/mol. The van der Waals surface area contributed by atoms with Crippen LogP contribution in [0, 0.1) is 0 Å². The molecule has 0 radical (unpaired) electrons. The Labute approximate surface area is 386 Å². The summed E-state index contributed by atoms with van der Waals surface area (Å²) in [7, 11) is 0. The van der Waals surface area contributed by atoms with Gasteiger partial charge < -0.3 is 25.8 Å². The Kier molecular flexibility index (Phi) is 33.2. The molecule has 63 heavy (non-hydrogen) atoms. The summed E-state index contributed by atoms with van der Waals surface area (Å²) < 4.78 is 12.0. The van der Waals surface area contributed by atoms with E-state index < -0.39 is 0 Å². The number of hydrogen-bond donors (Lipinski definition) is 3. The number of unbranched alkanes of at least 4 members (excludes halogenated alkanes) is 34. The molecule has 0 bridgehead atoms. The maximum atomic E-state index is 6.05. The molecule has 0 aliphatic carbocycles. The maximum absolute atomic E-state index is 6.05. The third kappa shape index (κ3) is 30.3. The van der Waals surface area contributed by atoms with E-state index in [-0.39, 0.29) is 5.95 Å². The van der Waals surface area contributed by atoms with Gasteiger partial charge >= 0.3 is 0 Å². The highest BCUT2D eigenvalue weighted by molar-refractivity contribution is 5.59. The molecular weight excluding hydrogens is 777 g/mol. The van der Waals surface area contributed by atoms with Crippen molar-refractivity contribution < 1.29 is 9.47 Å². The molecular formula is C55H94N6O2. The van der Waals surface area contributed by atoms with Crippen molar-refractivity contribution in [1.29, 1.82) is 0 Å². The fourth-order valence-electron chi connectivity index (χ4n) is 8.42. The van der Waals surface area contributed by atoms with E-state index in [2.05, 4.69) is 39.4 Å². The van der Waals surface area contributed by atoms with Crippen LogP contribution in [-0.2, 0) is 0 Å². The molecule has 8 heteroatoms. The van der Waals surface area contributed by atoms with Crippen LogP contribution in [0.25, 0.3) is 0 Å². The van der Waals surface area contributed by atoms with E-state index in [1.807, 2.05) is 48.5 Å². The minimum Gasteiger partial charge on any atom is -0.494 e. The molecule has 0 fully saturated rings. The molecule has 1 heterocycles. The summed E-state index contributed by atoms with van der Waals surface area (Å²) in [6.45, 7) is 6.08. The molecule has 0 aliphatic heterocycles. The molecule has 8 nitrogen and oxygen atoms in total. The Balaban J connectivity index is 1.15. The van der Waals surface area contributed by atoms with Gasteiger partial charge in [-0.3, -0.25) is 0 Å². The van der Waals surface area contributed by atoms with Gasteiger partial charge in [-0.15, -0.1) is 0 Å². The van der Waals surface area contributed by atoms with Gasteiger partial charge in [0.05, 0.1) is 13.2 Å². The molecule has 0 spiro atoms. The first kappa shape index (κ1) is 53.8. The van der Waals surface area contributed by atoms with Crippen LogP contribution in [0.5, 0.6) is 11.5 Å². The number of nitrogens with zero attached hydrogens (tertiary/aromatic N) is 3. The number of ether oxygens (including phenoxy) is 2. The highest BCUT2D eigenvalue weighted by Crippen LogP contribution is 2.23. The first-order chi connectivity index (χ1) is 31.2. The topological polar surface area (TPSA) is 107 Å². The fourth-order valence-corrected chi connectivity index (χ4v) is 8.42. The van der Waals surface area contributed by atoms with Crippen LogP contribution >= 0.6 is 0 Å². The predicted molar refractivity (Wildman–Crippen MR) is 272 cm³/mol. The summed E-state index contributed by atoms with van der Waals surface area (Å²) in [4.78, 5) is 13.1. The smallest absolute Gasteiger partial charge is 0.233 e. The van der Waals surface area contributed by atoms with Crippen LogP contribution in [0.1, 0.15) is 245 Å². The summed E-state index contributed by atoms with van der Waals surface area (Å²) >= 11 is 0. The van der Waals surface area contributed by atoms with E-state index >= 15 is 0 Å². The Morgan fingerprint density at radius 2 is 0.571 bits per heavy atom. The molecule has 0 unspecified atom stereocenters. The third-order valence-corrected chi connectivity index (χ3v) is 12.4. The van der Waals surface area contributed by atoms with Crippen molar-refractivity contribution in [2.75, 3.05) is 29.6 Å². The van der Waals surface area contributed by atoms with Crippen LogP contribution in [0.15, 0.2) is 48.5 Å². The molecule has 1 aromatic heterocycles. The second-order valence-corrected chi connectivity index (χ2v) is 18.4. The lowest BCUT2D eigenvalue weighted by Crippen LogP contribution is -2.07. The van der Waals surface area contributed by atoms with Gasteiger partial charge in [-0.05, 0) is 61.4 Å². The zero-order chi connectivity index (χ0) is 44.5. The molecule has 356 valence electrons. The zero-order valence-corrected chi connectivity index (χ0v) is 40.7. The number of nitrogens with two attached hydrogens (primary N) is 1. The highest BCUT2D eigenvalue weighted by atomic mass is 16.5. The number of aromatic nitrogens is 3. The van der Waals surface area contributed by atoms with Gasteiger partial charge in [0.2, 0.25) is 17.8 Å². The standard InChI is InChI=1S/C55H94N6O2/c1-3-5-7-9-11-13-15-17-19-21-23-25-27-29-31-33-35-37-47-62-51-43-39-49(40-44-51)57-54-59-53(56)60-55(61-54)58-50-41-45-52(46-42-50)63-48-38-36-34-32-30-28-26-24-22-20-18-16-14-12-10-8-6-4-2/h39-46H,3-38,47-48H2,1-2H3,(H4,56,57,58,59,60,61). The summed E-state index contributed by atoms with van der Waals surface area (Å²) in [5.41, 5.74) is 7.75. The van der Waals surface area contributed by atoms with Crippen LogP contribution in [0.3, 0.4) is 0 Å². The van der Waals surface area contributed by atoms with E-state index in [0.29, 0.717) is 11.9 Å². The first-order valence-electron chi connectivity index (χ1n) is 26.7. The second-order valence-electron chi connectivity index (χ2n) is 18.4. The molecule has 3 aromatic rings. The maximum Gasteiger partial charge on any atom is 0.233 e. The average molecular weight is 871 g/mol. The van der Waals surface area contributed by atoms with Crippen molar-refractivity contribution >= 4 is 29.2 Å².